The number of hydrogen-bond donors (Lipinski definition) is 1. The van der Waals surface area contributed by atoms with Crippen molar-refractivity contribution in [3.05, 3.63) is 48.7 Å². The second kappa shape index (κ2) is 13.7. The summed E-state index contributed by atoms with van der Waals surface area (Å²) < 4.78 is 10.2. The molecule has 4 aromatic rings. The van der Waals surface area contributed by atoms with Crippen LogP contribution in [-0.4, -0.2) is 127 Å². The number of nitrogens with one attached hydrogen (secondary N) is 1. The Morgan fingerprint density at radius 3 is 2.57 bits per heavy atom. The third-order valence-corrected chi connectivity index (χ3v) is 10.1. The van der Waals surface area contributed by atoms with Gasteiger partial charge in [0.25, 0.3) is 0 Å². The van der Waals surface area contributed by atoms with Gasteiger partial charge in [-0.15, -0.1) is 5.10 Å². The molecule has 0 aliphatic carbocycles. The standard InChI is InChI=1S/C33H43N13O3/c1-3-25-17-36-46(20-25)33(8-9-34)23-43(24-33)28-5-4-10-45-30(28)38-31(39-45)37-27-18-35-44(21-27)22-29(47)41-11-6-26(7-12-41)19-40-13-15-42(16-14-40)32(48)49-2/h4-5,10,17-18,20-21,26H,3,6-8,11-16,19,22-24H2,1-2H3,(H,37,39). The second-order valence-corrected chi connectivity index (χ2v) is 13.3. The van der Waals surface area contributed by atoms with Crippen LogP contribution in [0.3, 0.4) is 0 Å². The van der Waals surface area contributed by atoms with Crippen molar-refractivity contribution in [2.45, 2.75) is 44.7 Å². The fraction of sp³-hybridized carbons (Fsp3) is 0.545. The normalized spacial score (nSPS) is 18.3. The number of piperazine rings is 1. The minimum Gasteiger partial charge on any atom is -0.453 e. The number of fused-ring (bicyclic) bond motifs is 1. The minimum atomic E-state index is -0.373. The van der Waals surface area contributed by atoms with Crippen molar-refractivity contribution in [2.75, 3.05) is 76.2 Å². The van der Waals surface area contributed by atoms with Gasteiger partial charge in [-0.05, 0) is 42.9 Å². The molecular formula is C33H43N13O3. The van der Waals surface area contributed by atoms with E-state index in [1.54, 1.807) is 26.5 Å². The highest BCUT2D eigenvalue weighted by molar-refractivity contribution is 5.76. The highest BCUT2D eigenvalue weighted by atomic mass is 16.5. The summed E-state index contributed by atoms with van der Waals surface area (Å²) in [5.41, 5.74) is 3.12. The number of likely N-dealkylation sites (tertiary alicyclic amines) is 1. The number of rotatable bonds is 10. The summed E-state index contributed by atoms with van der Waals surface area (Å²) in [5, 5.41) is 26.4. The molecule has 7 rings (SSSR count). The Morgan fingerprint density at radius 1 is 1.06 bits per heavy atom. The van der Waals surface area contributed by atoms with Crippen LogP contribution >= 0.6 is 0 Å². The number of anilines is 3. The molecule has 0 atom stereocenters. The Balaban J connectivity index is 0.910. The average molecular weight is 670 g/mol. The van der Waals surface area contributed by atoms with Crippen molar-refractivity contribution in [2.24, 2.45) is 5.92 Å². The van der Waals surface area contributed by atoms with E-state index in [2.05, 4.69) is 43.4 Å². The zero-order valence-corrected chi connectivity index (χ0v) is 28.1. The first-order chi connectivity index (χ1) is 23.9. The number of methoxy groups -OCH3 is 1. The molecule has 7 heterocycles. The summed E-state index contributed by atoms with van der Waals surface area (Å²) in [7, 11) is 1.42. The topological polar surface area (TPSA) is 158 Å². The maximum Gasteiger partial charge on any atom is 0.409 e. The third kappa shape index (κ3) is 6.75. The molecule has 16 nitrogen and oxygen atoms in total. The number of amides is 2. The molecule has 258 valence electrons. The highest BCUT2D eigenvalue weighted by Gasteiger charge is 2.46. The first kappa shape index (κ1) is 32.4. The van der Waals surface area contributed by atoms with Crippen molar-refractivity contribution < 1.29 is 14.3 Å². The average Bonchev–Trinajstić information content (AvgIpc) is 3.87. The van der Waals surface area contributed by atoms with Crippen molar-refractivity contribution in [3.8, 4) is 6.07 Å². The van der Waals surface area contributed by atoms with E-state index >= 15 is 0 Å². The van der Waals surface area contributed by atoms with Crippen LogP contribution in [-0.2, 0) is 28.0 Å². The number of carbonyl (C=O) groups is 2. The number of piperidine rings is 1. The first-order valence-corrected chi connectivity index (χ1v) is 17.0. The number of nitriles is 1. The molecule has 1 N–H and O–H groups in total. The van der Waals surface area contributed by atoms with Gasteiger partial charge in [-0.2, -0.15) is 20.4 Å². The van der Waals surface area contributed by atoms with Crippen LogP contribution < -0.4 is 10.2 Å². The number of pyridine rings is 1. The summed E-state index contributed by atoms with van der Waals surface area (Å²) in [6.45, 7) is 9.11. The summed E-state index contributed by atoms with van der Waals surface area (Å²) >= 11 is 0. The summed E-state index contributed by atoms with van der Waals surface area (Å²) in [4.78, 5) is 38.0. The molecule has 49 heavy (non-hydrogen) atoms. The summed E-state index contributed by atoms with van der Waals surface area (Å²) in [5.74, 6) is 1.02. The van der Waals surface area contributed by atoms with Crippen molar-refractivity contribution in [1.29, 1.82) is 5.26 Å². The quantitative estimate of drug-likeness (QED) is 0.264. The highest BCUT2D eigenvalue weighted by Crippen LogP contribution is 2.37. The van der Waals surface area contributed by atoms with Gasteiger partial charge in [0.2, 0.25) is 11.9 Å². The lowest BCUT2D eigenvalue weighted by Crippen LogP contribution is -2.63. The van der Waals surface area contributed by atoms with Crippen LogP contribution in [0.15, 0.2) is 43.1 Å². The molecule has 4 aromatic heterocycles. The summed E-state index contributed by atoms with van der Waals surface area (Å²) in [6.07, 6.45) is 12.2. The van der Waals surface area contributed by atoms with Gasteiger partial charge in [0.15, 0.2) is 5.65 Å². The van der Waals surface area contributed by atoms with Crippen LogP contribution in [0.25, 0.3) is 5.65 Å². The van der Waals surface area contributed by atoms with Crippen molar-refractivity contribution in [1.82, 2.24) is 48.9 Å². The number of aromatic nitrogens is 7. The van der Waals surface area contributed by atoms with Crippen LogP contribution in [0.5, 0.6) is 0 Å². The van der Waals surface area contributed by atoms with Crippen molar-refractivity contribution in [3.63, 3.8) is 0 Å². The van der Waals surface area contributed by atoms with E-state index in [9.17, 15) is 14.9 Å². The predicted octanol–water partition coefficient (Wildman–Crippen LogP) is 2.18. The van der Waals surface area contributed by atoms with Gasteiger partial charge in [-0.25, -0.2) is 9.31 Å². The van der Waals surface area contributed by atoms with Gasteiger partial charge < -0.3 is 24.8 Å². The molecule has 3 aliphatic rings. The number of carbonyl (C=O) groups excluding carboxylic acids is 2. The molecule has 0 radical (unpaired) electrons. The lowest BCUT2D eigenvalue weighted by molar-refractivity contribution is -0.133. The molecule has 0 aromatic carbocycles. The molecule has 3 saturated heterocycles. The largest absolute Gasteiger partial charge is 0.453 e. The molecule has 0 unspecified atom stereocenters. The van der Waals surface area contributed by atoms with Gasteiger partial charge in [0.1, 0.15) is 12.1 Å². The van der Waals surface area contributed by atoms with E-state index < -0.39 is 0 Å². The maximum atomic E-state index is 13.1. The zero-order chi connectivity index (χ0) is 34.0. The SMILES string of the molecule is CCc1cnn(C2(CC#N)CN(c3cccn4nc(Nc5cnn(CC(=O)N6CCC(CN7CCN(C(=O)OC)CC7)CC6)c5)nc34)C2)c1. The molecular weight excluding hydrogens is 626 g/mol. The van der Waals surface area contributed by atoms with Gasteiger partial charge in [0.05, 0.1) is 43.4 Å². The Hall–Kier alpha value is -5.17. The molecule has 3 aliphatic heterocycles. The molecule has 0 saturated carbocycles. The van der Waals surface area contributed by atoms with E-state index in [1.807, 2.05) is 40.3 Å². The van der Waals surface area contributed by atoms with E-state index in [4.69, 9.17) is 9.72 Å². The lowest BCUT2D eigenvalue weighted by atomic mass is 9.86. The molecule has 2 amide bonds. The van der Waals surface area contributed by atoms with E-state index in [1.165, 1.54) is 7.11 Å². The maximum absolute atomic E-state index is 13.1. The van der Waals surface area contributed by atoms with E-state index in [0.29, 0.717) is 55.8 Å². The Morgan fingerprint density at radius 2 is 1.86 bits per heavy atom. The van der Waals surface area contributed by atoms with E-state index in [-0.39, 0.29) is 24.1 Å². The molecule has 3 fully saturated rings. The number of ether oxygens (including phenoxy) is 1. The van der Waals surface area contributed by atoms with Crippen LogP contribution in [0.2, 0.25) is 0 Å². The second-order valence-electron chi connectivity index (χ2n) is 13.3. The van der Waals surface area contributed by atoms with Crippen LogP contribution in [0.4, 0.5) is 22.1 Å². The summed E-state index contributed by atoms with van der Waals surface area (Å²) in [6, 6.07) is 6.31. The molecule has 0 spiro atoms. The fourth-order valence-corrected chi connectivity index (χ4v) is 7.17. The smallest absolute Gasteiger partial charge is 0.409 e. The lowest BCUT2D eigenvalue weighted by Gasteiger charge is -2.50. The zero-order valence-electron chi connectivity index (χ0n) is 28.1. The first-order valence-electron chi connectivity index (χ1n) is 17.0. The number of aryl methyl sites for hydroxylation is 1. The fourth-order valence-electron chi connectivity index (χ4n) is 7.17. The van der Waals surface area contributed by atoms with Gasteiger partial charge in [0, 0.05) is 77.5 Å². The van der Waals surface area contributed by atoms with Crippen LogP contribution in [0, 0.1) is 17.2 Å². The Bertz CT molecular complexity index is 1820. The Kier molecular flexibility index (Phi) is 9.09. The Labute approximate surface area is 284 Å². The minimum absolute atomic E-state index is 0.0540. The monoisotopic (exact) mass is 669 g/mol. The molecule has 16 heteroatoms. The van der Waals surface area contributed by atoms with E-state index in [0.717, 1.165) is 63.2 Å². The van der Waals surface area contributed by atoms with Crippen molar-refractivity contribution >= 4 is 35.0 Å². The van der Waals surface area contributed by atoms with Gasteiger partial charge >= 0.3 is 6.09 Å². The predicted molar refractivity (Wildman–Crippen MR) is 180 cm³/mol. The van der Waals surface area contributed by atoms with Crippen LogP contribution in [0.1, 0.15) is 31.7 Å². The third-order valence-electron chi connectivity index (χ3n) is 10.1. The molecule has 0 bridgehead atoms. The number of nitrogens with zero attached hydrogens (tertiary/aromatic N) is 12. The number of hydrogen-bond acceptors (Lipinski definition) is 11. The van der Waals surface area contributed by atoms with Gasteiger partial charge in [-0.3, -0.25) is 19.1 Å². The van der Waals surface area contributed by atoms with Gasteiger partial charge in [-0.1, -0.05) is 6.92 Å².